The molecule has 1 fully saturated rings. The van der Waals surface area contributed by atoms with E-state index in [-0.39, 0.29) is 23.9 Å². The maximum atomic E-state index is 13.8. The molecule has 0 radical (unpaired) electrons. The van der Waals surface area contributed by atoms with Gasteiger partial charge in [-0.3, -0.25) is 19.3 Å². The average molecular weight is 524 g/mol. The maximum absolute atomic E-state index is 13.8. The van der Waals surface area contributed by atoms with E-state index in [0.717, 1.165) is 6.07 Å². The number of ether oxygens (including phenoxy) is 3. The van der Waals surface area contributed by atoms with E-state index < -0.39 is 52.7 Å². The van der Waals surface area contributed by atoms with Crippen LogP contribution in [0.2, 0.25) is 0 Å². The number of esters is 1. The number of carbonyl (C=O) groups is 4. The number of carbonyl (C=O) groups excluding carboxylic acids is 4. The van der Waals surface area contributed by atoms with Crippen LogP contribution in [-0.2, 0) is 19.1 Å². The van der Waals surface area contributed by atoms with Gasteiger partial charge in [-0.2, -0.15) is 0 Å². The van der Waals surface area contributed by atoms with E-state index >= 15 is 0 Å². The Morgan fingerprint density at radius 2 is 1.83 bits per heavy atom. The van der Waals surface area contributed by atoms with Gasteiger partial charge in [0.15, 0.2) is 35.6 Å². The third kappa shape index (κ3) is 6.16. The molecule has 2 aromatic carbocycles. The fourth-order valence-corrected chi connectivity index (χ4v) is 3.82. The van der Waals surface area contributed by atoms with E-state index in [1.54, 1.807) is 13.0 Å². The van der Waals surface area contributed by atoms with E-state index in [1.165, 1.54) is 25.3 Å². The lowest BCUT2D eigenvalue weighted by molar-refractivity contribution is -0.145. The van der Waals surface area contributed by atoms with Gasteiger partial charge in [-0.25, -0.2) is 18.0 Å². The third-order valence-corrected chi connectivity index (χ3v) is 5.53. The van der Waals surface area contributed by atoms with Crippen molar-refractivity contribution in [2.75, 3.05) is 32.2 Å². The highest BCUT2D eigenvalue weighted by Crippen LogP contribution is 2.34. The van der Waals surface area contributed by atoms with Gasteiger partial charge in [0.1, 0.15) is 6.54 Å². The fourth-order valence-electron chi connectivity index (χ4n) is 2.98. The van der Waals surface area contributed by atoms with Crippen LogP contribution in [0.5, 0.6) is 11.5 Å². The Hall–Kier alpha value is -4.00. The average Bonchev–Trinajstić information content (AvgIpc) is 3.10. The summed E-state index contributed by atoms with van der Waals surface area (Å²) in [6.45, 7) is 0.675. The molecule has 1 saturated heterocycles. The molecule has 3 amide bonds. The highest BCUT2D eigenvalue weighted by atomic mass is 32.2. The molecule has 3 rings (SSSR count). The van der Waals surface area contributed by atoms with Crippen molar-refractivity contribution in [3.05, 3.63) is 58.3 Å². The lowest BCUT2D eigenvalue weighted by Crippen LogP contribution is -2.36. The van der Waals surface area contributed by atoms with Crippen LogP contribution in [0.3, 0.4) is 0 Å². The van der Waals surface area contributed by atoms with Crippen LogP contribution in [-0.4, -0.2) is 54.8 Å². The molecule has 2 aromatic rings. The summed E-state index contributed by atoms with van der Waals surface area (Å²) in [6.07, 6.45) is 1.37. The van der Waals surface area contributed by atoms with Crippen LogP contribution in [0, 0.1) is 17.5 Å². The van der Waals surface area contributed by atoms with Crippen molar-refractivity contribution < 1.29 is 46.6 Å². The highest BCUT2D eigenvalue weighted by molar-refractivity contribution is 8.18. The second-order valence-electron chi connectivity index (χ2n) is 7.04. The molecule has 13 heteroatoms. The Balaban J connectivity index is 1.72. The fraction of sp³-hybridized carbons (Fsp3) is 0.217. The Kier molecular flexibility index (Phi) is 8.59. The first kappa shape index (κ1) is 26.6. The van der Waals surface area contributed by atoms with Gasteiger partial charge in [0.25, 0.3) is 11.1 Å². The molecule has 0 spiro atoms. The maximum Gasteiger partial charge on any atom is 0.344 e. The molecule has 190 valence electrons. The molecule has 1 heterocycles. The van der Waals surface area contributed by atoms with Crippen molar-refractivity contribution in [2.45, 2.75) is 6.92 Å². The van der Waals surface area contributed by atoms with Crippen LogP contribution in [0.25, 0.3) is 6.08 Å². The van der Waals surface area contributed by atoms with Crippen molar-refractivity contribution in [2.24, 2.45) is 0 Å². The molecular formula is C23H19F3N2O7S. The summed E-state index contributed by atoms with van der Waals surface area (Å²) in [7, 11) is 1.40. The van der Waals surface area contributed by atoms with Crippen molar-refractivity contribution in [3.8, 4) is 11.5 Å². The molecule has 36 heavy (non-hydrogen) atoms. The lowest BCUT2D eigenvalue weighted by Gasteiger charge is -2.13. The van der Waals surface area contributed by atoms with E-state index in [9.17, 15) is 32.3 Å². The van der Waals surface area contributed by atoms with Gasteiger partial charge in [0.2, 0.25) is 5.91 Å². The number of imide groups is 1. The summed E-state index contributed by atoms with van der Waals surface area (Å²) >= 11 is 0.562. The topological polar surface area (TPSA) is 111 Å². The van der Waals surface area contributed by atoms with Gasteiger partial charge in [-0.15, -0.1) is 0 Å². The van der Waals surface area contributed by atoms with Gasteiger partial charge in [-0.05, 0) is 54.6 Å². The molecule has 1 aliphatic rings. The summed E-state index contributed by atoms with van der Waals surface area (Å²) in [5.41, 5.74) is -0.219. The number of rotatable bonds is 9. The SMILES string of the molecule is CCOC(=O)COc1cc(/C=C2\SC(=O)N(CC(=O)Nc3ccc(F)c(F)c3F)C2=O)ccc1OC. The Morgan fingerprint density at radius 1 is 1.08 bits per heavy atom. The van der Waals surface area contributed by atoms with Crippen molar-refractivity contribution in [1.82, 2.24) is 4.90 Å². The van der Waals surface area contributed by atoms with Crippen LogP contribution >= 0.6 is 11.8 Å². The molecule has 1 N–H and O–H groups in total. The molecule has 0 atom stereocenters. The van der Waals surface area contributed by atoms with Crippen LogP contribution in [0.1, 0.15) is 12.5 Å². The number of nitrogens with zero attached hydrogens (tertiary/aromatic N) is 1. The number of hydrogen-bond donors (Lipinski definition) is 1. The van der Waals surface area contributed by atoms with Crippen molar-refractivity contribution >= 4 is 46.5 Å². The van der Waals surface area contributed by atoms with Crippen LogP contribution in [0.4, 0.5) is 23.7 Å². The minimum Gasteiger partial charge on any atom is -0.493 e. The summed E-state index contributed by atoms with van der Waals surface area (Å²) in [4.78, 5) is 49.4. The summed E-state index contributed by atoms with van der Waals surface area (Å²) < 4.78 is 55.6. The number of methoxy groups -OCH3 is 1. The molecular weight excluding hydrogens is 505 g/mol. The quantitative estimate of drug-likeness (QED) is 0.300. The van der Waals surface area contributed by atoms with E-state index in [4.69, 9.17) is 14.2 Å². The summed E-state index contributed by atoms with van der Waals surface area (Å²) in [5, 5.41) is 1.24. The van der Waals surface area contributed by atoms with Crippen LogP contribution in [0.15, 0.2) is 35.2 Å². The normalized spacial score (nSPS) is 14.2. The Labute approximate surface area is 207 Å². The largest absolute Gasteiger partial charge is 0.493 e. The lowest BCUT2D eigenvalue weighted by atomic mass is 10.2. The number of halogens is 3. The molecule has 0 saturated carbocycles. The van der Waals surface area contributed by atoms with Gasteiger partial charge >= 0.3 is 5.97 Å². The zero-order valence-electron chi connectivity index (χ0n) is 18.9. The number of nitrogens with one attached hydrogen (secondary N) is 1. The molecule has 0 aliphatic carbocycles. The smallest absolute Gasteiger partial charge is 0.344 e. The van der Waals surface area contributed by atoms with Crippen LogP contribution < -0.4 is 14.8 Å². The molecule has 1 aliphatic heterocycles. The number of hydrogen-bond acceptors (Lipinski definition) is 8. The zero-order valence-corrected chi connectivity index (χ0v) is 19.7. The standard InChI is InChI=1S/C23H19F3N2O7S/c1-3-34-19(30)11-35-16-8-12(4-7-15(16)33-2)9-17-22(31)28(23(32)36-17)10-18(29)27-14-6-5-13(24)20(25)21(14)26/h4-9H,3,10-11H2,1-2H3,(H,27,29)/b17-9-. The second-order valence-corrected chi connectivity index (χ2v) is 8.04. The second kappa shape index (κ2) is 11.6. The molecule has 9 nitrogen and oxygen atoms in total. The predicted molar refractivity (Wildman–Crippen MR) is 123 cm³/mol. The summed E-state index contributed by atoms with van der Waals surface area (Å²) in [5.74, 6) is -6.71. The molecule has 0 unspecified atom stereocenters. The van der Waals surface area contributed by atoms with E-state index in [2.05, 4.69) is 0 Å². The zero-order chi connectivity index (χ0) is 26.4. The molecule has 0 aromatic heterocycles. The van der Waals surface area contributed by atoms with Gasteiger partial charge in [0.05, 0.1) is 24.3 Å². The monoisotopic (exact) mass is 524 g/mol. The third-order valence-electron chi connectivity index (χ3n) is 4.62. The predicted octanol–water partition coefficient (Wildman–Crippen LogP) is 3.73. The minimum atomic E-state index is -1.77. The molecule has 0 bridgehead atoms. The van der Waals surface area contributed by atoms with Crippen molar-refractivity contribution in [3.63, 3.8) is 0 Å². The Morgan fingerprint density at radius 3 is 2.53 bits per heavy atom. The first-order valence-corrected chi connectivity index (χ1v) is 11.1. The minimum absolute atomic E-state index is 0.0201. The summed E-state index contributed by atoms with van der Waals surface area (Å²) in [6, 6.07) is 6.01. The van der Waals surface area contributed by atoms with E-state index in [0.29, 0.717) is 34.0 Å². The highest BCUT2D eigenvalue weighted by Gasteiger charge is 2.36. The van der Waals surface area contributed by atoms with E-state index in [1.807, 2.05) is 5.32 Å². The van der Waals surface area contributed by atoms with Gasteiger partial charge in [0, 0.05) is 0 Å². The van der Waals surface area contributed by atoms with Crippen molar-refractivity contribution in [1.29, 1.82) is 0 Å². The van der Waals surface area contributed by atoms with Gasteiger partial charge < -0.3 is 19.5 Å². The first-order chi connectivity index (χ1) is 17.1. The first-order valence-electron chi connectivity index (χ1n) is 10.3. The number of thioether (sulfide) groups is 1. The number of benzene rings is 2. The Bertz CT molecular complexity index is 1250. The number of amides is 3. The van der Waals surface area contributed by atoms with Gasteiger partial charge in [-0.1, -0.05) is 6.07 Å². The number of anilines is 1.